The zero-order valence-electron chi connectivity index (χ0n) is 8.43. The van der Waals surface area contributed by atoms with E-state index in [1.165, 1.54) is 0 Å². The fourth-order valence-corrected chi connectivity index (χ4v) is 1.67. The molecule has 0 unspecified atom stereocenters. The Labute approximate surface area is 86.9 Å². The standard InChI is InChI=1S/C9H15BrN2O/c1-6-8(10)7(5-13)11-12(6)9(2,3)4/h13H,5H2,1-4H3. The summed E-state index contributed by atoms with van der Waals surface area (Å²) in [6, 6.07) is 0. The van der Waals surface area contributed by atoms with E-state index in [4.69, 9.17) is 5.11 Å². The van der Waals surface area contributed by atoms with Gasteiger partial charge in [-0.25, -0.2) is 0 Å². The van der Waals surface area contributed by atoms with Gasteiger partial charge in [0.05, 0.1) is 22.3 Å². The van der Waals surface area contributed by atoms with E-state index in [2.05, 4.69) is 41.8 Å². The first kappa shape index (κ1) is 10.7. The van der Waals surface area contributed by atoms with Crippen LogP contribution in [0.25, 0.3) is 0 Å². The summed E-state index contributed by atoms with van der Waals surface area (Å²) in [6.45, 7) is 8.22. The van der Waals surface area contributed by atoms with Crippen LogP contribution in [0.3, 0.4) is 0 Å². The van der Waals surface area contributed by atoms with Crippen molar-refractivity contribution >= 4 is 15.9 Å². The Kier molecular flexibility index (Phi) is 2.82. The summed E-state index contributed by atoms with van der Waals surface area (Å²) in [5.41, 5.74) is 1.71. The first-order valence-corrected chi connectivity index (χ1v) is 5.02. The molecule has 0 amide bonds. The molecule has 4 heteroatoms. The Balaban J connectivity index is 3.25. The molecule has 0 aromatic carbocycles. The second-order valence-electron chi connectivity index (χ2n) is 4.09. The summed E-state index contributed by atoms with van der Waals surface area (Å²) < 4.78 is 2.83. The third-order valence-corrected chi connectivity index (χ3v) is 2.93. The quantitative estimate of drug-likeness (QED) is 0.826. The zero-order valence-corrected chi connectivity index (χ0v) is 10.0. The van der Waals surface area contributed by atoms with Crippen LogP contribution in [0.2, 0.25) is 0 Å². The largest absolute Gasteiger partial charge is 0.390 e. The van der Waals surface area contributed by atoms with Crippen LogP contribution >= 0.6 is 15.9 Å². The van der Waals surface area contributed by atoms with Crippen molar-refractivity contribution in [2.75, 3.05) is 0 Å². The van der Waals surface area contributed by atoms with Crippen molar-refractivity contribution in [1.29, 1.82) is 0 Å². The summed E-state index contributed by atoms with van der Waals surface area (Å²) in [5.74, 6) is 0. The molecule has 0 atom stereocenters. The molecule has 1 aromatic heterocycles. The number of rotatable bonds is 1. The van der Waals surface area contributed by atoms with E-state index >= 15 is 0 Å². The lowest BCUT2D eigenvalue weighted by molar-refractivity contribution is 0.269. The van der Waals surface area contributed by atoms with Gasteiger partial charge < -0.3 is 5.11 Å². The van der Waals surface area contributed by atoms with Gasteiger partial charge in [0.25, 0.3) is 0 Å². The van der Waals surface area contributed by atoms with Crippen LogP contribution in [-0.4, -0.2) is 14.9 Å². The molecule has 1 rings (SSSR count). The van der Waals surface area contributed by atoms with Crippen molar-refractivity contribution in [2.45, 2.75) is 39.8 Å². The van der Waals surface area contributed by atoms with Gasteiger partial charge in [-0.05, 0) is 43.6 Å². The second kappa shape index (κ2) is 3.42. The summed E-state index contributed by atoms with van der Waals surface area (Å²) in [4.78, 5) is 0. The van der Waals surface area contributed by atoms with Crippen LogP contribution in [0.5, 0.6) is 0 Å². The number of aliphatic hydroxyl groups is 1. The average molecular weight is 247 g/mol. The fourth-order valence-electron chi connectivity index (χ4n) is 1.30. The van der Waals surface area contributed by atoms with E-state index < -0.39 is 0 Å². The monoisotopic (exact) mass is 246 g/mol. The van der Waals surface area contributed by atoms with Gasteiger partial charge in [0.1, 0.15) is 5.69 Å². The Morgan fingerprint density at radius 1 is 1.46 bits per heavy atom. The lowest BCUT2D eigenvalue weighted by atomic mass is 10.1. The van der Waals surface area contributed by atoms with Crippen molar-refractivity contribution < 1.29 is 5.11 Å². The van der Waals surface area contributed by atoms with E-state index in [0.717, 1.165) is 10.2 Å². The van der Waals surface area contributed by atoms with Gasteiger partial charge in [0.15, 0.2) is 0 Å². The number of hydrogen-bond acceptors (Lipinski definition) is 2. The minimum absolute atomic E-state index is 0.0233. The van der Waals surface area contributed by atoms with Crippen LogP contribution in [0, 0.1) is 6.92 Å². The lowest BCUT2D eigenvalue weighted by Crippen LogP contribution is -2.24. The van der Waals surface area contributed by atoms with E-state index in [0.29, 0.717) is 5.69 Å². The molecule has 0 aliphatic carbocycles. The minimum atomic E-state index is -0.0416. The predicted octanol–water partition coefficient (Wildman–Crippen LogP) is 2.20. The Morgan fingerprint density at radius 3 is 2.23 bits per heavy atom. The number of aliphatic hydroxyl groups excluding tert-OH is 1. The van der Waals surface area contributed by atoms with E-state index in [-0.39, 0.29) is 12.1 Å². The van der Waals surface area contributed by atoms with Crippen LogP contribution in [-0.2, 0) is 12.1 Å². The van der Waals surface area contributed by atoms with Gasteiger partial charge in [-0.2, -0.15) is 5.10 Å². The molecule has 1 heterocycles. The topological polar surface area (TPSA) is 38.1 Å². The third kappa shape index (κ3) is 1.94. The first-order chi connectivity index (χ1) is 5.88. The lowest BCUT2D eigenvalue weighted by Gasteiger charge is -2.21. The average Bonchev–Trinajstić information content (AvgIpc) is 2.28. The van der Waals surface area contributed by atoms with Gasteiger partial charge in [-0.15, -0.1) is 0 Å². The Hall–Kier alpha value is -0.350. The molecule has 0 radical (unpaired) electrons. The maximum absolute atomic E-state index is 9.02. The van der Waals surface area contributed by atoms with Crippen molar-refractivity contribution in [3.05, 3.63) is 15.9 Å². The van der Waals surface area contributed by atoms with Gasteiger partial charge in [0.2, 0.25) is 0 Å². The normalized spacial score (nSPS) is 12.2. The molecule has 3 nitrogen and oxygen atoms in total. The summed E-state index contributed by atoms with van der Waals surface area (Å²) >= 11 is 3.41. The maximum Gasteiger partial charge on any atom is 0.102 e. The van der Waals surface area contributed by atoms with E-state index in [1.54, 1.807) is 0 Å². The minimum Gasteiger partial charge on any atom is -0.390 e. The van der Waals surface area contributed by atoms with Crippen LogP contribution in [0.4, 0.5) is 0 Å². The van der Waals surface area contributed by atoms with Crippen LogP contribution in [0.15, 0.2) is 4.47 Å². The highest BCUT2D eigenvalue weighted by atomic mass is 79.9. The Morgan fingerprint density at radius 2 is 2.00 bits per heavy atom. The molecule has 0 aliphatic rings. The highest BCUT2D eigenvalue weighted by Crippen LogP contribution is 2.25. The molecule has 74 valence electrons. The van der Waals surface area contributed by atoms with Crippen molar-refractivity contribution in [3.63, 3.8) is 0 Å². The number of aromatic nitrogens is 2. The molecule has 1 aromatic rings. The highest BCUT2D eigenvalue weighted by Gasteiger charge is 2.20. The number of hydrogen-bond donors (Lipinski definition) is 1. The Bertz CT molecular complexity index is 312. The smallest absolute Gasteiger partial charge is 0.102 e. The van der Waals surface area contributed by atoms with E-state index in [9.17, 15) is 0 Å². The molecule has 1 N–H and O–H groups in total. The van der Waals surface area contributed by atoms with Gasteiger partial charge in [0, 0.05) is 0 Å². The van der Waals surface area contributed by atoms with Crippen molar-refractivity contribution in [1.82, 2.24) is 9.78 Å². The van der Waals surface area contributed by atoms with Crippen molar-refractivity contribution in [2.24, 2.45) is 0 Å². The predicted molar refractivity (Wildman–Crippen MR) is 55.6 cm³/mol. The van der Waals surface area contributed by atoms with Gasteiger partial charge in [-0.3, -0.25) is 4.68 Å². The summed E-state index contributed by atoms with van der Waals surface area (Å²) in [6.07, 6.45) is 0. The molecule has 0 bridgehead atoms. The zero-order chi connectivity index (χ0) is 10.2. The molecule has 0 aliphatic heterocycles. The third-order valence-electron chi connectivity index (χ3n) is 1.89. The van der Waals surface area contributed by atoms with Crippen LogP contribution in [0.1, 0.15) is 32.2 Å². The van der Waals surface area contributed by atoms with Crippen LogP contribution < -0.4 is 0 Å². The fraction of sp³-hybridized carbons (Fsp3) is 0.667. The molecular formula is C9H15BrN2O. The van der Waals surface area contributed by atoms with Gasteiger partial charge >= 0.3 is 0 Å². The highest BCUT2D eigenvalue weighted by molar-refractivity contribution is 9.10. The molecule has 0 saturated carbocycles. The van der Waals surface area contributed by atoms with E-state index in [1.807, 2.05) is 11.6 Å². The molecular weight excluding hydrogens is 232 g/mol. The molecule has 0 spiro atoms. The second-order valence-corrected chi connectivity index (χ2v) is 4.88. The summed E-state index contributed by atoms with van der Waals surface area (Å²) in [7, 11) is 0. The molecule has 0 saturated heterocycles. The summed E-state index contributed by atoms with van der Waals surface area (Å²) in [5, 5.41) is 13.3. The maximum atomic E-state index is 9.02. The number of halogens is 1. The first-order valence-electron chi connectivity index (χ1n) is 4.23. The molecule has 0 fully saturated rings. The SMILES string of the molecule is Cc1c(Br)c(CO)nn1C(C)(C)C. The molecule has 13 heavy (non-hydrogen) atoms. The number of nitrogens with zero attached hydrogens (tertiary/aromatic N) is 2. The van der Waals surface area contributed by atoms with Crippen molar-refractivity contribution in [3.8, 4) is 0 Å². The van der Waals surface area contributed by atoms with Gasteiger partial charge in [-0.1, -0.05) is 0 Å².